The summed E-state index contributed by atoms with van der Waals surface area (Å²) in [6.07, 6.45) is 0. The highest BCUT2D eigenvalue weighted by Gasteiger charge is 2.30. The van der Waals surface area contributed by atoms with Crippen LogP contribution in [0.4, 0.5) is 0 Å². The third-order valence-electron chi connectivity index (χ3n) is 3.63. The third-order valence-corrected chi connectivity index (χ3v) is 4.51. The summed E-state index contributed by atoms with van der Waals surface area (Å²) in [7, 11) is 0.0685. The second-order valence-electron chi connectivity index (χ2n) is 6.78. The van der Waals surface area contributed by atoms with Crippen molar-refractivity contribution in [3.8, 4) is 11.5 Å². The third kappa shape index (κ3) is 5.50. The molecule has 2 rings (SSSR count). The molecule has 1 saturated heterocycles. The van der Waals surface area contributed by atoms with E-state index in [1.165, 1.54) is 12.7 Å². The molecule has 4 nitrogen and oxygen atoms in total. The normalized spacial score (nSPS) is 18.9. The summed E-state index contributed by atoms with van der Waals surface area (Å²) in [6.45, 7) is 9.20. The van der Waals surface area contributed by atoms with Crippen LogP contribution in [0.2, 0.25) is 19.6 Å². The first-order valence-corrected chi connectivity index (χ1v) is 11.4. The molecule has 0 aromatic heterocycles. The van der Waals surface area contributed by atoms with Crippen molar-refractivity contribution in [1.29, 1.82) is 0 Å². The van der Waals surface area contributed by atoms with Gasteiger partial charge < -0.3 is 9.47 Å². The van der Waals surface area contributed by atoms with Crippen molar-refractivity contribution in [1.82, 2.24) is 4.90 Å². The maximum absolute atomic E-state index is 11.8. The Balaban J connectivity index is 2.04. The Hall–Kier alpha value is -1.61. The van der Waals surface area contributed by atoms with Crippen LogP contribution < -0.4 is 0 Å². The maximum Gasteiger partial charge on any atom is 0.325 e. The molecule has 0 spiro atoms. The van der Waals surface area contributed by atoms with Gasteiger partial charge in [0.15, 0.2) is 0 Å². The lowest BCUT2D eigenvalue weighted by atomic mass is 10.1. The summed E-state index contributed by atoms with van der Waals surface area (Å²) in [5.41, 5.74) is 5.58. The van der Waals surface area contributed by atoms with Crippen LogP contribution in [0.5, 0.6) is 0 Å². The van der Waals surface area contributed by atoms with Gasteiger partial charge in [-0.1, -0.05) is 37.7 Å². The smallest absolute Gasteiger partial charge is 0.325 e. The van der Waals surface area contributed by atoms with Crippen molar-refractivity contribution in [2.75, 3.05) is 26.9 Å². The molecule has 0 saturated carbocycles. The highest BCUT2D eigenvalue weighted by Crippen LogP contribution is 2.14. The summed E-state index contributed by atoms with van der Waals surface area (Å²) in [5.74, 6) is 3.02. The Kier molecular flexibility index (Phi) is 6.00. The number of ether oxygens (including phenoxy) is 2. The highest BCUT2D eigenvalue weighted by molar-refractivity contribution is 6.83. The summed E-state index contributed by atoms with van der Waals surface area (Å²) in [5, 5.41) is 0. The largest absolute Gasteiger partial charge is 0.468 e. The van der Waals surface area contributed by atoms with E-state index in [1.807, 2.05) is 0 Å². The first-order valence-electron chi connectivity index (χ1n) is 7.91. The van der Waals surface area contributed by atoms with E-state index in [4.69, 9.17) is 9.47 Å². The van der Waals surface area contributed by atoms with Gasteiger partial charge in [0.2, 0.25) is 0 Å². The van der Waals surface area contributed by atoms with Crippen molar-refractivity contribution >= 4 is 14.0 Å². The molecule has 1 atom stereocenters. The van der Waals surface area contributed by atoms with E-state index in [2.05, 4.69) is 60.3 Å². The first kappa shape index (κ1) is 17.7. The zero-order valence-electron chi connectivity index (χ0n) is 14.4. The number of hydrogen-bond acceptors (Lipinski definition) is 4. The standard InChI is InChI=1S/C18H25NO3Si/c1-21-18(20)17-14-22-11-10-19(17)13-16-7-5-15(6-8-16)9-12-23(2,3)4/h5-8,17H,10-11,13-14H2,1-4H3. The molecule has 0 radical (unpaired) electrons. The first-order chi connectivity index (χ1) is 10.9. The second-order valence-corrected chi connectivity index (χ2v) is 11.5. The molecule has 124 valence electrons. The molecule has 1 aliphatic rings. The van der Waals surface area contributed by atoms with Gasteiger partial charge in [0.05, 0.1) is 20.3 Å². The summed E-state index contributed by atoms with van der Waals surface area (Å²) in [6, 6.07) is 7.95. The van der Waals surface area contributed by atoms with Crippen LogP contribution in [0.25, 0.3) is 0 Å². The van der Waals surface area contributed by atoms with Gasteiger partial charge in [-0.05, 0) is 17.7 Å². The molecule has 23 heavy (non-hydrogen) atoms. The summed E-state index contributed by atoms with van der Waals surface area (Å²) < 4.78 is 10.3. The Labute approximate surface area is 139 Å². The lowest BCUT2D eigenvalue weighted by Gasteiger charge is -2.33. The molecule has 1 unspecified atom stereocenters. The lowest BCUT2D eigenvalue weighted by molar-refractivity contribution is -0.153. The van der Waals surface area contributed by atoms with E-state index >= 15 is 0 Å². The predicted octanol–water partition coefficient (Wildman–Crippen LogP) is 2.29. The van der Waals surface area contributed by atoms with Gasteiger partial charge in [-0.15, -0.1) is 5.54 Å². The molecule has 1 heterocycles. The summed E-state index contributed by atoms with van der Waals surface area (Å²) in [4.78, 5) is 14.0. The highest BCUT2D eigenvalue weighted by atomic mass is 28.3. The molecule has 0 amide bonds. The maximum atomic E-state index is 11.8. The van der Waals surface area contributed by atoms with Gasteiger partial charge >= 0.3 is 5.97 Å². The number of methoxy groups -OCH3 is 1. The molecule has 5 heteroatoms. The number of esters is 1. The zero-order valence-corrected chi connectivity index (χ0v) is 15.4. The topological polar surface area (TPSA) is 38.8 Å². The average molecular weight is 331 g/mol. The van der Waals surface area contributed by atoms with Crippen LogP contribution in [0.3, 0.4) is 0 Å². The fourth-order valence-corrected chi connectivity index (χ4v) is 2.89. The van der Waals surface area contributed by atoms with Crippen LogP contribution in [0.15, 0.2) is 24.3 Å². The number of carbonyl (C=O) groups is 1. The minimum Gasteiger partial charge on any atom is -0.468 e. The SMILES string of the molecule is COC(=O)C1COCCN1Cc1ccc(C#C[Si](C)(C)C)cc1. The molecular weight excluding hydrogens is 306 g/mol. The van der Waals surface area contributed by atoms with E-state index < -0.39 is 8.07 Å². The van der Waals surface area contributed by atoms with Gasteiger partial charge in [-0.2, -0.15) is 0 Å². The van der Waals surface area contributed by atoms with Crippen molar-refractivity contribution in [3.63, 3.8) is 0 Å². The fourth-order valence-electron chi connectivity index (χ4n) is 2.37. The van der Waals surface area contributed by atoms with Crippen molar-refractivity contribution in [2.24, 2.45) is 0 Å². The van der Waals surface area contributed by atoms with Crippen LogP contribution in [-0.2, 0) is 20.8 Å². The van der Waals surface area contributed by atoms with Gasteiger partial charge in [0.1, 0.15) is 14.1 Å². The number of morpholine rings is 1. The van der Waals surface area contributed by atoms with Crippen LogP contribution in [0.1, 0.15) is 11.1 Å². The predicted molar refractivity (Wildman–Crippen MR) is 93.7 cm³/mol. The minimum absolute atomic E-state index is 0.234. The Morgan fingerprint density at radius 1 is 1.35 bits per heavy atom. The second kappa shape index (κ2) is 7.78. The van der Waals surface area contributed by atoms with Gasteiger partial charge in [-0.25, -0.2) is 0 Å². The molecule has 0 N–H and O–H groups in total. The van der Waals surface area contributed by atoms with Crippen LogP contribution >= 0.6 is 0 Å². The Morgan fingerprint density at radius 2 is 2.04 bits per heavy atom. The van der Waals surface area contributed by atoms with Crippen molar-refractivity contribution in [3.05, 3.63) is 35.4 Å². The van der Waals surface area contributed by atoms with Gasteiger partial charge in [0, 0.05) is 18.7 Å². The van der Waals surface area contributed by atoms with Crippen molar-refractivity contribution < 1.29 is 14.3 Å². The van der Waals surface area contributed by atoms with E-state index in [0.717, 1.165) is 12.1 Å². The monoisotopic (exact) mass is 331 g/mol. The van der Waals surface area contributed by atoms with E-state index in [0.29, 0.717) is 19.8 Å². The van der Waals surface area contributed by atoms with Gasteiger partial charge in [-0.3, -0.25) is 9.69 Å². The Morgan fingerprint density at radius 3 is 2.65 bits per heavy atom. The number of rotatable bonds is 3. The molecule has 0 aliphatic carbocycles. The van der Waals surface area contributed by atoms with E-state index in [9.17, 15) is 4.79 Å². The molecular formula is C18H25NO3Si. The summed E-state index contributed by atoms with van der Waals surface area (Å²) >= 11 is 0. The Bertz CT molecular complexity index is 595. The van der Waals surface area contributed by atoms with E-state index in [1.54, 1.807) is 0 Å². The number of carbonyl (C=O) groups excluding carboxylic acids is 1. The molecule has 0 bridgehead atoms. The van der Waals surface area contributed by atoms with E-state index in [-0.39, 0.29) is 12.0 Å². The molecule has 1 aliphatic heterocycles. The zero-order chi connectivity index (χ0) is 16.9. The number of hydrogen-bond donors (Lipinski definition) is 0. The molecule has 1 aromatic rings. The van der Waals surface area contributed by atoms with Crippen LogP contribution in [0, 0.1) is 11.5 Å². The average Bonchev–Trinajstić information content (AvgIpc) is 2.53. The lowest BCUT2D eigenvalue weighted by Crippen LogP contribution is -2.49. The van der Waals surface area contributed by atoms with Crippen molar-refractivity contribution in [2.45, 2.75) is 32.2 Å². The number of benzene rings is 1. The minimum atomic E-state index is -1.35. The quantitative estimate of drug-likeness (QED) is 0.484. The number of nitrogens with zero attached hydrogens (tertiary/aromatic N) is 1. The van der Waals surface area contributed by atoms with Crippen LogP contribution in [-0.4, -0.2) is 51.9 Å². The molecule has 1 aromatic carbocycles. The molecule has 1 fully saturated rings. The van der Waals surface area contributed by atoms with Gasteiger partial charge in [0.25, 0.3) is 0 Å². The fraction of sp³-hybridized carbons (Fsp3) is 0.500.